The fourth-order valence-corrected chi connectivity index (χ4v) is 4.21. The fraction of sp³-hybridized carbons (Fsp3) is 0.560. The van der Waals surface area contributed by atoms with E-state index in [-0.39, 0.29) is 12.0 Å². The van der Waals surface area contributed by atoms with E-state index in [0.29, 0.717) is 29.8 Å². The molecule has 3 rings (SSSR count). The summed E-state index contributed by atoms with van der Waals surface area (Å²) in [6.45, 7) is 10.6. The van der Waals surface area contributed by atoms with Crippen molar-refractivity contribution in [1.29, 1.82) is 0 Å². The molecule has 2 aromatic rings. The first kappa shape index (κ1) is 23.8. The molecule has 7 heteroatoms. The van der Waals surface area contributed by atoms with Gasteiger partial charge in [-0.3, -0.25) is 4.79 Å². The number of amides is 1. The van der Waals surface area contributed by atoms with Crippen molar-refractivity contribution < 1.29 is 14.3 Å². The molecule has 32 heavy (non-hydrogen) atoms. The molecule has 1 aromatic carbocycles. The van der Waals surface area contributed by atoms with Crippen LogP contribution in [0.25, 0.3) is 0 Å². The highest BCUT2D eigenvalue weighted by atomic mass is 16.5. The van der Waals surface area contributed by atoms with Crippen molar-refractivity contribution in [3.8, 4) is 17.4 Å². The van der Waals surface area contributed by atoms with Crippen LogP contribution in [0.1, 0.15) is 52.0 Å². The van der Waals surface area contributed by atoms with Crippen molar-refractivity contribution >= 4 is 11.7 Å². The van der Waals surface area contributed by atoms with E-state index in [1.807, 2.05) is 31.2 Å². The number of hydrogen-bond donors (Lipinski definition) is 0. The second-order valence-electron chi connectivity index (χ2n) is 8.54. The average Bonchev–Trinajstić information content (AvgIpc) is 2.80. The zero-order valence-electron chi connectivity index (χ0n) is 20.0. The molecule has 174 valence electrons. The molecule has 1 saturated heterocycles. The highest BCUT2D eigenvalue weighted by molar-refractivity contribution is 5.79. The molecule has 1 aromatic heterocycles. The Morgan fingerprint density at radius 3 is 2.69 bits per heavy atom. The molecule has 0 radical (unpaired) electrons. The Morgan fingerprint density at radius 1 is 1.19 bits per heavy atom. The quantitative estimate of drug-likeness (QED) is 0.556. The summed E-state index contributed by atoms with van der Waals surface area (Å²) in [7, 11) is 1.63. The number of rotatable bonds is 9. The van der Waals surface area contributed by atoms with E-state index in [2.05, 4.69) is 40.5 Å². The Labute approximate surface area is 191 Å². The molecule has 0 N–H and O–H groups in total. The Hall–Kier alpha value is -2.83. The Morgan fingerprint density at radius 2 is 2.00 bits per heavy atom. The van der Waals surface area contributed by atoms with E-state index in [1.54, 1.807) is 7.11 Å². The number of hydrogen-bond acceptors (Lipinski definition) is 6. The van der Waals surface area contributed by atoms with E-state index in [0.717, 1.165) is 50.2 Å². The predicted molar refractivity (Wildman–Crippen MR) is 127 cm³/mol. The molecule has 0 spiro atoms. The number of ether oxygens (including phenoxy) is 2. The largest absolute Gasteiger partial charge is 0.493 e. The van der Waals surface area contributed by atoms with Crippen molar-refractivity contribution in [1.82, 2.24) is 14.9 Å². The third-order valence-electron chi connectivity index (χ3n) is 6.14. The summed E-state index contributed by atoms with van der Waals surface area (Å²) in [5.74, 6) is 2.98. The molecule has 0 aliphatic carbocycles. The summed E-state index contributed by atoms with van der Waals surface area (Å²) in [6.07, 6.45) is 5.63. The van der Waals surface area contributed by atoms with Gasteiger partial charge in [0.1, 0.15) is 12.1 Å². The minimum Gasteiger partial charge on any atom is -0.493 e. The average molecular weight is 441 g/mol. The number of unbranched alkanes of at least 4 members (excludes halogenated alkanes) is 1. The topological polar surface area (TPSA) is 67.8 Å². The van der Waals surface area contributed by atoms with Gasteiger partial charge in [-0.2, -0.15) is 0 Å². The monoisotopic (exact) mass is 440 g/mol. The number of methoxy groups -OCH3 is 1. The van der Waals surface area contributed by atoms with Gasteiger partial charge < -0.3 is 19.3 Å². The number of benzene rings is 1. The summed E-state index contributed by atoms with van der Waals surface area (Å²) in [6, 6.07) is 7.76. The summed E-state index contributed by atoms with van der Waals surface area (Å²) < 4.78 is 11.4. The number of piperazine rings is 1. The molecule has 0 saturated carbocycles. The van der Waals surface area contributed by atoms with Gasteiger partial charge >= 0.3 is 0 Å². The lowest BCUT2D eigenvalue weighted by Gasteiger charge is -2.41. The van der Waals surface area contributed by atoms with Gasteiger partial charge in [-0.25, -0.2) is 9.97 Å². The highest BCUT2D eigenvalue weighted by Crippen LogP contribution is 2.32. The van der Waals surface area contributed by atoms with Gasteiger partial charge in [0.15, 0.2) is 11.5 Å². The minimum atomic E-state index is 0.128. The summed E-state index contributed by atoms with van der Waals surface area (Å²) in [5, 5.41) is 0. The molecule has 0 bridgehead atoms. The van der Waals surface area contributed by atoms with Crippen LogP contribution in [0, 0.1) is 12.8 Å². The number of nitrogens with zero attached hydrogens (tertiary/aromatic N) is 4. The van der Waals surface area contributed by atoms with Gasteiger partial charge in [0.05, 0.1) is 7.11 Å². The standard InChI is InChI=1S/C25H36N4O3/c1-6-8-9-20(7-2)25(30)29-13-12-28(16-19(29)4)23-15-24(27-17-26-23)32-21-11-10-18(3)14-22(21)31-5/h10-11,14-15,17,19-20H,6-9,12-13,16H2,1-5H3/t19-,20+/m1/s1. The van der Waals surface area contributed by atoms with Crippen molar-refractivity contribution in [2.45, 2.75) is 59.4 Å². The highest BCUT2D eigenvalue weighted by Gasteiger charge is 2.31. The first-order chi connectivity index (χ1) is 15.5. The second-order valence-corrected chi connectivity index (χ2v) is 8.54. The smallest absolute Gasteiger partial charge is 0.226 e. The maximum atomic E-state index is 13.1. The summed E-state index contributed by atoms with van der Waals surface area (Å²) >= 11 is 0. The zero-order chi connectivity index (χ0) is 23.1. The van der Waals surface area contributed by atoms with Crippen molar-refractivity contribution in [2.75, 3.05) is 31.6 Å². The molecular formula is C25H36N4O3. The zero-order valence-corrected chi connectivity index (χ0v) is 20.0. The maximum absolute atomic E-state index is 13.1. The lowest BCUT2D eigenvalue weighted by molar-refractivity contribution is -0.138. The van der Waals surface area contributed by atoms with E-state index < -0.39 is 0 Å². The third kappa shape index (κ3) is 5.69. The number of carbonyl (C=O) groups excluding carboxylic acids is 1. The lowest BCUT2D eigenvalue weighted by Crippen LogP contribution is -2.55. The van der Waals surface area contributed by atoms with Crippen LogP contribution in [-0.4, -0.2) is 53.6 Å². The van der Waals surface area contributed by atoms with Gasteiger partial charge in [0.25, 0.3) is 0 Å². The Balaban J connectivity index is 1.67. The van der Waals surface area contributed by atoms with E-state index in [9.17, 15) is 4.79 Å². The molecular weight excluding hydrogens is 404 g/mol. The Kier molecular flexibility index (Phi) is 8.31. The first-order valence-electron chi connectivity index (χ1n) is 11.7. The van der Waals surface area contributed by atoms with Gasteiger partial charge in [0.2, 0.25) is 11.8 Å². The van der Waals surface area contributed by atoms with Crippen molar-refractivity contribution in [2.24, 2.45) is 5.92 Å². The summed E-state index contributed by atoms with van der Waals surface area (Å²) in [5.41, 5.74) is 1.10. The molecule has 1 amide bonds. The number of anilines is 1. The van der Waals surface area contributed by atoms with Crippen molar-refractivity contribution in [3.63, 3.8) is 0 Å². The normalized spacial score (nSPS) is 17.2. The molecule has 1 aliphatic rings. The van der Waals surface area contributed by atoms with E-state index in [4.69, 9.17) is 9.47 Å². The number of carbonyl (C=O) groups is 1. The Bertz CT molecular complexity index is 905. The number of aromatic nitrogens is 2. The second kappa shape index (κ2) is 11.2. The fourth-order valence-electron chi connectivity index (χ4n) is 4.21. The minimum absolute atomic E-state index is 0.128. The van der Waals surface area contributed by atoms with Gasteiger partial charge in [-0.05, 0) is 44.4 Å². The van der Waals surface area contributed by atoms with Crippen molar-refractivity contribution in [3.05, 3.63) is 36.2 Å². The molecule has 1 aliphatic heterocycles. The molecule has 1 fully saturated rings. The van der Waals surface area contributed by atoms with Crippen LogP contribution < -0.4 is 14.4 Å². The predicted octanol–water partition coefficient (Wildman–Crippen LogP) is 4.84. The van der Waals surface area contributed by atoms with Crippen LogP contribution in [0.4, 0.5) is 5.82 Å². The van der Waals surface area contributed by atoms with Gasteiger partial charge in [0, 0.05) is 37.7 Å². The maximum Gasteiger partial charge on any atom is 0.226 e. The van der Waals surface area contributed by atoms with E-state index in [1.165, 1.54) is 6.33 Å². The van der Waals surface area contributed by atoms with Crippen LogP contribution in [0.15, 0.2) is 30.6 Å². The third-order valence-corrected chi connectivity index (χ3v) is 6.14. The van der Waals surface area contributed by atoms with Crippen LogP contribution in [0.3, 0.4) is 0 Å². The molecule has 7 nitrogen and oxygen atoms in total. The van der Waals surface area contributed by atoms with Gasteiger partial charge in [-0.1, -0.05) is 32.8 Å². The van der Waals surface area contributed by atoms with Crippen LogP contribution in [0.2, 0.25) is 0 Å². The number of aryl methyl sites for hydroxylation is 1. The molecule has 2 atom stereocenters. The molecule has 0 unspecified atom stereocenters. The van der Waals surface area contributed by atoms with Gasteiger partial charge in [-0.15, -0.1) is 0 Å². The van der Waals surface area contributed by atoms with Crippen LogP contribution >= 0.6 is 0 Å². The first-order valence-corrected chi connectivity index (χ1v) is 11.7. The SMILES string of the molecule is CCCC[C@H](CC)C(=O)N1CCN(c2cc(Oc3ccc(C)cc3OC)ncn2)C[C@H]1C. The summed E-state index contributed by atoms with van der Waals surface area (Å²) in [4.78, 5) is 26.1. The van der Waals surface area contributed by atoms with Crippen LogP contribution in [-0.2, 0) is 4.79 Å². The molecule has 2 heterocycles. The lowest BCUT2D eigenvalue weighted by atomic mass is 9.96. The van der Waals surface area contributed by atoms with Crippen LogP contribution in [0.5, 0.6) is 17.4 Å². The van der Waals surface area contributed by atoms with E-state index >= 15 is 0 Å².